The fourth-order valence-corrected chi connectivity index (χ4v) is 3.69. The lowest BCUT2D eigenvalue weighted by Crippen LogP contribution is -2.54. The second-order valence-electron chi connectivity index (χ2n) is 7.02. The van der Waals surface area contributed by atoms with E-state index in [-0.39, 0.29) is 24.7 Å². The normalized spacial score (nSPS) is 25.0. The summed E-state index contributed by atoms with van der Waals surface area (Å²) in [6, 6.07) is 6.19. The summed E-state index contributed by atoms with van der Waals surface area (Å²) >= 11 is 0. The third-order valence-corrected chi connectivity index (χ3v) is 5.42. The molecule has 1 aliphatic carbocycles. The summed E-state index contributed by atoms with van der Waals surface area (Å²) < 4.78 is 5.66. The average Bonchev–Trinajstić information content (AvgIpc) is 3.02. The van der Waals surface area contributed by atoms with Gasteiger partial charge in [-0.05, 0) is 56.4 Å². The maximum atomic E-state index is 12.3. The predicted molar refractivity (Wildman–Crippen MR) is 93.2 cm³/mol. The van der Waals surface area contributed by atoms with Crippen molar-refractivity contribution in [1.82, 2.24) is 9.80 Å². The van der Waals surface area contributed by atoms with Crippen LogP contribution >= 0.6 is 0 Å². The van der Waals surface area contributed by atoms with E-state index < -0.39 is 0 Å². The van der Waals surface area contributed by atoms with Gasteiger partial charge in [-0.3, -0.25) is 9.69 Å². The van der Waals surface area contributed by atoms with Gasteiger partial charge in [0.05, 0.1) is 6.10 Å². The van der Waals surface area contributed by atoms with E-state index in [4.69, 9.17) is 4.74 Å². The van der Waals surface area contributed by atoms with Crippen molar-refractivity contribution in [2.45, 2.75) is 45.3 Å². The van der Waals surface area contributed by atoms with Gasteiger partial charge in [-0.1, -0.05) is 6.07 Å². The lowest BCUT2D eigenvalue weighted by molar-refractivity contribution is -0.135. The van der Waals surface area contributed by atoms with Crippen molar-refractivity contribution < 1.29 is 14.6 Å². The molecule has 1 amide bonds. The fraction of sp³-hybridized carbons (Fsp3) is 0.632. The van der Waals surface area contributed by atoms with E-state index in [0.717, 1.165) is 51.2 Å². The van der Waals surface area contributed by atoms with Gasteiger partial charge in [-0.15, -0.1) is 0 Å². The topological polar surface area (TPSA) is 53.0 Å². The van der Waals surface area contributed by atoms with Gasteiger partial charge in [-0.2, -0.15) is 0 Å². The number of rotatable bonds is 4. The summed E-state index contributed by atoms with van der Waals surface area (Å²) in [5.74, 6) is 0.791. The summed E-state index contributed by atoms with van der Waals surface area (Å²) in [6.45, 7) is 7.32. The van der Waals surface area contributed by atoms with E-state index in [0.29, 0.717) is 0 Å². The Labute approximate surface area is 144 Å². The van der Waals surface area contributed by atoms with E-state index in [1.807, 2.05) is 30.0 Å². The smallest absolute Gasteiger partial charge is 0.260 e. The molecule has 1 aliphatic heterocycles. The monoisotopic (exact) mass is 332 g/mol. The van der Waals surface area contributed by atoms with Gasteiger partial charge in [0.1, 0.15) is 5.75 Å². The van der Waals surface area contributed by atoms with Crippen LogP contribution in [0, 0.1) is 13.8 Å². The molecule has 1 aromatic rings. The zero-order valence-corrected chi connectivity index (χ0v) is 14.7. The number of aliphatic hydroxyl groups is 1. The number of carbonyl (C=O) groups is 1. The molecule has 2 fully saturated rings. The lowest BCUT2D eigenvalue weighted by Gasteiger charge is -2.39. The van der Waals surface area contributed by atoms with Crippen LogP contribution in [0.25, 0.3) is 0 Å². The second kappa shape index (κ2) is 7.53. The van der Waals surface area contributed by atoms with Gasteiger partial charge in [0.2, 0.25) is 0 Å². The molecule has 0 bridgehead atoms. The van der Waals surface area contributed by atoms with Crippen LogP contribution in [0.5, 0.6) is 5.75 Å². The molecule has 1 saturated carbocycles. The largest absolute Gasteiger partial charge is 0.484 e. The molecule has 0 aromatic heterocycles. The number of aryl methyl sites for hydroxylation is 2. The first kappa shape index (κ1) is 17.2. The number of benzene rings is 1. The molecule has 0 unspecified atom stereocenters. The standard InChI is InChI=1S/C19H28N2O3/c1-14-6-7-16(12-15(14)2)24-13-19(23)21-10-8-20(9-11-21)17-4-3-5-18(17)22/h6-7,12,17-18,22H,3-5,8-11,13H2,1-2H3/t17-,18+/m0/s1. The van der Waals surface area contributed by atoms with Crippen molar-refractivity contribution in [3.05, 3.63) is 29.3 Å². The number of amides is 1. The van der Waals surface area contributed by atoms with Crippen LogP contribution in [-0.4, -0.2) is 65.7 Å². The summed E-state index contributed by atoms with van der Waals surface area (Å²) in [6.07, 6.45) is 2.90. The molecule has 0 radical (unpaired) electrons. The highest BCUT2D eigenvalue weighted by Gasteiger charge is 2.33. The Morgan fingerprint density at radius 3 is 2.54 bits per heavy atom. The molecule has 2 aliphatic rings. The van der Waals surface area contributed by atoms with E-state index >= 15 is 0 Å². The highest BCUT2D eigenvalue weighted by atomic mass is 16.5. The number of ether oxygens (including phenoxy) is 1. The average molecular weight is 332 g/mol. The number of carbonyl (C=O) groups excluding carboxylic acids is 1. The number of hydrogen-bond acceptors (Lipinski definition) is 4. The maximum Gasteiger partial charge on any atom is 0.260 e. The highest BCUT2D eigenvalue weighted by Crippen LogP contribution is 2.25. The first-order valence-electron chi connectivity index (χ1n) is 8.94. The van der Waals surface area contributed by atoms with Crippen LogP contribution in [0.2, 0.25) is 0 Å². The van der Waals surface area contributed by atoms with E-state index in [1.54, 1.807) is 0 Å². The second-order valence-corrected chi connectivity index (χ2v) is 7.02. The number of aliphatic hydroxyl groups excluding tert-OH is 1. The van der Waals surface area contributed by atoms with Crippen molar-refractivity contribution in [1.29, 1.82) is 0 Å². The molecule has 24 heavy (non-hydrogen) atoms. The number of piperazine rings is 1. The van der Waals surface area contributed by atoms with Gasteiger partial charge < -0.3 is 14.7 Å². The van der Waals surface area contributed by atoms with Crippen molar-refractivity contribution in [3.8, 4) is 5.75 Å². The van der Waals surface area contributed by atoms with Crippen LogP contribution in [0.4, 0.5) is 0 Å². The minimum absolute atomic E-state index is 0.0415. The highest BCUT2D eigenvalue weighted by molar-refractivity contribution is 5.77. The van der Waals surface area contributed by atoms with Crippen LogP contribution in [0.15, 0.2) is 18.2 Å². The molecule has 2 atom stereocenters. The van der Waals surface area contributed by atoms with Crippen LogP contribution in [0.1, 0.15) is 30.4 Å². The predicted octanol–water partition coefficient (Wildman–Crippen LogP) is 1.74. The molecule has 1 aromatic carbocycles. The van der Waals surface area contributed by atoms with Crippen molar-refractivity contribution in [2.75, 3.05) is 32.8 Å². The summed E-state index contributed by atoms with van der Waals surface area (Å²) in [5.41, 5.74) is 2.39. The molecule has 1 heterocycles. The Morgan fingerprint density at radius 2 is 1.92 bits per heavy atom. The maximum absolute atomic E-state index is 12.3. The van der Waals surface area contributed by atoms with Crippen molar-refractivity contribution in [2.24, 2.45) is 0 Å². The van der Waals surface area contributed by atoms with E-state index in [9.17, 15) is 9.90 Å². The van der Waals surface area contributed by atoms with Gasteiger partial charge in [0.25, 0.3) is 5.91 Å². The SMILES string of the molecule is Cc1ccc(OCC(=O)N2CCN([C@H]3CCC[C@H]3O)CC2)cc1C. The Hall–Kier alpha value is -1.59. The molecule has 3 rings (SSSR count). The van der Waals surface area contributed by atoms with Crippen LogP contribution < -0.4 is 4.74 Å². The number of hydrogen-bond donors (Lipinski definition) is 1. The molecule has 132 valence electrons. The first-order chi connectivity index (χ1) is 11.5. The zero-order valence-electron chi connectivity index (χ0n) is 14.7. The van der Waals surface area contributed by atoms with Gasteiger partial charge in [0, 0.05) is 32.2 Å². The molecular formula is C19H28N2O3. The minimum Gasteiger partial charge on any atom is -0.484 e. The molecule has 0 spiro atoms. The van der Waals surface area contributed by atoms with E-state index in [1.165, 1.54) is 11.1 Å². The van der Waals surface area contributed by atoms with Crippen molar-refractivity contribution >= 4 is 5.91 Å². The summed E-state index contributed by atoms with van der Waals surface area (Å²) in [4.78, 5) is 16.6. The summed E-state index contributed by atoms with van der Waals surface area (Å²) in [7, 11) is 0. The zero-order chi connectivity index (χ0) is 17.1. The van der Waals surface area contributed by atoms with Gasteiger partial charge >= 0.3 is 0 Å². The fourth-order valence-electron chi connectivity index (χ4n) is 3.69. The Balaban J connectivity index is 1.45. The van der Waals surface area contributed by atoms with Crippen LogP contribution in [-0.2, 0) is 4.79 Å². The third kappa shape index (κ3) is 3.90. The first-order valence-corrected chi connectivity index (χ1v) is 8.94. The quantitative estimate of drug-likeness (QED) is 0.912. The molecule has 1 saturated heterocycles. The third-order valence-electron chi connectivity index (χ3n) is 5.42. The minimum atomic E-state index is -0.194. The Morgan fingerprint density at radius 1 is 1.17 bits per heavy atom. The molecule has 1 N–H and O–H groups in total. The Bertz CT molecular complexity index is 582. The lowest BCUT2D eigenvalue weighted by atomic mass is 10.1. The van der Waals surface area contributed by atoms with Crippen molar-refractivity contribution in [3.63, 3.8) is 0 Å². The van der Waals surface area contributed by atoms with E-state index in [2.05, 4.69) is 11.8 Å². The Kier molecular flexibility index (Phi) is 5.41. The van der Waals surface area contributed by atoms with Gasteiger partial charge in [-0.25, -0.2) is 0 Å². The van der Waals surface area contributed by atoms with Crippen LogP contribution in [0.3, 0.4) is 0 Å². The van der Waals surface area contributed by atoms with Gasteiger partial charge in [0.15, 0.2) is 6.61 Å². The molecule has 5 heteroatoms. The number of nitrogens with zero attached hydrogens (tertiary/aromatic N) is 2. The summed E-state index contributed by atoms with van der Waals surface area (Å²) in [5, 5.41) is 10.0. The molecular weight excluding hydrogens is 304 g/mol. The molecule has 5 nitrogen and oxygen atoms in total.